The fourth-order valence-electron chi connectivity index (χ4n) is 1.40. The van der Waals surface area contributed by atoms with E-state index in [1.165, 1.54) is 24.3 Å². The topological polar surface area (TPSA) is 71.4 Å². The normalized spacial score (nSPS) is 13.2. The molecule has 0 fully saturated rings. The zero-order valence-electron chi connectivity index (χ0n) is 11.0. The van der Waals surface area contributed by atoms with Gasteiger partial charge in [0.15, 0.2) is 9.84 Å². The molecule has 0 aromatic heterocycles. The van der Waals surface area contributed by atoms with Crippen LogP contribution < -0.4 is 0 Å². The Labute approximate surface area is 118 Å². The first-order valence-electron chi connectivity index (χ1n) is 6.04. The fraction of sp³-hybridized carbons (Fsp3) is 0.462. The smallest absolute Gasteiger partial charge is 0.335 e. The van der Waals surface area contributed by atoms with Gasteiger partial charge in [0, 0.05) is 11.0 Å². The van der Waals surface area contributed by atoms with Gasteiger partial charge in [0.1, 0.15) is 0 Å². The van der Waals surface area contributed by atoms with E-state index in [9.17, 15) is 13.2 Å². The lowest BCUT2D eigenvalue weighted by molar-refractivity contribution is 0.0697. The van der Waals surface area contributed by atoms with Crippen molar-refractivity contribution in [3.05, 3.63) is 29.8 Å². The van der Waals surface area contributed by atoms with Crippen LogP contribution in [0.25, 0.3) is 0 Å². The highest BCUT2D eigenvalue weighted by Gasteiger charge is 2.15. The van der Waals surface area contributed by atoms with Gasteiger partial charge in [-0.25, -0.2) is 13.2 Å². The Balaban J connectivity index is 2.69. The summed E-state index contributed by atoms with van der Waals surface area (Å²) in [5.74, 6) is -0.428. The van der Waals surface area contributed by atoms with Gasteiger partial charge in [0.2, 0.25) is 0 Å². The molecule has 106 valence electrons. The molecule has 0 saturated carbocycles. The number of carbonyl (C=O) groups is 1. The number of hydrogen-bond acceptors (Lipinski definition) is 4. The van der Waals surface area contributed by atoms with Crippen molar-refractivity contribution in [3.8, 4) is 0 Å². The second kappa shape index (κ2) is 6.96. The second-order valence-electron chi connectivity index (χ2n) is 4.24. The van der Waals surface area contributed by atoms with Crippen LogP contribution in [0.1, 0.15) is 30.6 Å². The van der Waals surface area contributed by atoms with E-state index in [1.54, 1.807) is 11.8 Å². The van der Waals surface area contributed by atoms with Gasteiger partial charge in [-0.1, -0.05) is 13.8 Å². The van der Waals surface area contributed by atoms with E-state index in [4.69, 9.17) is 5.11 Å². The number of rotatable bonds is 7. The number of benzene rings is 1. The molecule has 4 nitrogen and oxygen atoms in total. The Morgan fingerprint density at radius 1 is 1.32 bits per heavy atom. The Hall–Kier alpha value is -1.01. The van der Waals surface area contributed by atoms with Crippen LogP contribution in [-0.4, -0.2) is 36.2 Å². The van der Waals surface area contributed by atoms with Crippen LogP contribution in [0, 0.1) is 0 Å². The van der Waals surface area contributed by atoms with E-state index in [1.807, 2.05) is 0 Å². The molecule has 1 atom stereocenters. The minimum Gasteiger partial charge on any atom is -0.478 e. The summed E-state index contributed by atoms with van der Waals surface area (Å²) in [6.45, 7) is 4.13. The summed E-state index contributed by atoms with van der Waals surface area (Å²) in [4.78, 5) is 10.9. The van der Waals surface area contributed by atoms with Crippen molar-refractivity contribution in [1.29, 1.82) is 0 Å². The SMILES string of the molecule is CCC(C)SCCS(=O)(=O)c1ccc(C(=O)O)cc1. The van der Waals surface area contributed by atoms with Gasteiger partial charge in [-0.15, -0.1) is 0 Å². The van der Waals surface area contributed by atoms with Crippen LogP contribution in [0.4, 0.5) is 0 Å². The summed E-state index contributed by atoms with van der Waals surface area (Å²) in [6, 6.07) is 5.34. The zero-order chi connectivity index (χ0) is 14.5. The summed E-state index contributed by atoms with van der Waals surface area (Å²) < 4.78 is 24.0. The molecule has 0 spiro atoms. The summed E-state index contributed by atoms with van der Waals surface area (Å²) in [5, 5.41) is 9.20. The number of carboxylic acid groups (broad SMARTS) is 1. The van der Waals surface area contributed by atoms with Crippen molar-refractivity contribution >= 4 is 27.6 Å². The average Bonchev–Trinajstić information content (AvgIpc) is 2.38. The molecule has 0 aliphatic carbocycles. The molecular formula is C13H18O4S2. The monoisotopic (exact) mass is 302 g/mol. The van der Waals surface area contributed by atoms with Gasteiger partial charge in [-0.05, 0) is 30.7 Å². The Morgan fingerprint density at radius 3 is 2.37 bits per heavy atom. The van der Waals surface area contributed by atoms with Crippen molar-refractivity contribution in [2.75, 3.05) is 11.5 Å². The van der Waals surface area contributed by atoms with Crippen molar-refractivity contribution in [1.82, 2.24) is 0 Å². The zero-order valence-corrected chi connectivity index (χ0v) is 12.6. The predicted octanol–water partition coefficient (Wildman–Crippen LogP) is 2.69. The van der Waals surface area contributed by atoms with Gasteiger partial charge in [-0.2, -0.15) is 11.8 Å². The van der Waals surface area contributed by atoms with E-state index in [-0.39, 0.29) is 16.2 Å². The molecule has 1 rings (SSSR count). The Morgan fingerprint density at radius 2 is 1.89 bits per heavy atom. The lowest BCUT2D eigenvalue weighted by Crippen LogP contribution is -2.11. The average molecular weight is 302 g/mol. The minimum atomic E-state index is -3.32. The third-order valence-corrected chi connectivity index (χ3v) is 6.12. The van der Waals surface area contributed by atoms with Crippen LogP contribution in [0.5, 0.6) is 0 Å². The quantitative estimate of drug-likeness (QED) is 0.838. The molecule has 0 heterocycles. The first-order chi connectivity index (χ1) is 8.86. The van der Waals surface area contributed by atoms with Crippen LogP contribution >= 0.6 is 11.8 Å². The predicted molar refractivity (Wildman–Crippen MR) is 77.7 cm³/mol. The molecule has 1 N–H and O–H groups in total. The van der Waals surface area contributed by atoms with Gasteiger partial charge in [-0.3, -0.25) is 0 Å². The highest BCUT2D eigenvalue weighted by atomic mass is 32.2. The summed E-state index contributed by atoms with van der Waals surface area (Å²) >= 11 is 1.63. The summed E-state index contributed by atoms with van der Waals surface area (Å²) in [7, 11) is -3.32. The molecule has 0 aliphatic rings. The molecule has 0 bridgehead atoms. The van der Waals surface area contributed by atoms with Crippen LogP contribution in [0.2, 0.25) is 0 Å². The van der Waals surface area contributed by atoms with Gasteiger partial charge in [0.25, 0.3) is 0 Å². The minimum absolute atomic E-state index is 0.0778. The molecule has 0 amide bonds. The van der Waals surface area contributed by atoms with E-state index in [2.05, 4.69) is 13.8 Å². The summed E-state index contributed by atoms with van der Waals surface area (Å²) in [6.07, 6.45) is 1.01. The fourth-order valence-corrected chi connectivity index (χ4v) is 4.09. The third kappa shape index (κ3) is 4.87. The Bertz CT molecular complexity index is 520. The molecule has 0 radical (unpaired) electrons. The molecule has 1 aromatic carbocycles. The molecular weight excluding hydrogens is 284 g/mol. The van der Waals surface area contributed by atoms with Crippen molar-refractivity contribution in [3.63, 3.8) is 0 Å². The van der Waals surface area contributed by atoms with Crippen molar-refractivity contribution in [2.24, 2.45) is 0 Å². The number of carboxylic acids is 1. The van der Waals surface area contributed by atoms with E-state index >= 15 is 0 Å². The molecule has 0 aliphatic heterocycles. The number of aromatic carboxylic acids is 1. The first kappa shape index (κ1) is 16.0. The highest BCUT2D eigenvalue weighted by Crippen LogP contribution is 2.17. The number of sulfone groups is 1. The maximum Gasteiger partial charge on any atom is 0.335 e. The lowest BCUT2D eigenvalue weighted by Gasteiger charge is -2.08. The van der Waals surface area contributed by atoms with Gasteiger partial charge >= 0.3 is 5.97 Å². The molecule has 1 aromatic rings. The lowest BCUT2D eigenvalue weighted by atomic mass is 10.2. The third-order valence-electron chi connectivity index (χ3n) is 2.79. The number of thioether (sulfide) groups is 1. The molecule has 1 unspecified atom stereocenters. The summed E-state index contributed by atoms with van der Waals surface area (Å²) in [5.41, 5.74) is 0.0907. The van der Waals surface area contributed by atoms with Crippen molar-refractivity contribution in [2.45, 2.75) is 30.4 Å². The van der Waals surface area contributed by atoms with Gasteiger partial charge in [0.05, 0.1) is 16.2 Å². The Kier molecular flexibility index (Phi) is 5.87. The standard InChI is InChI=1S/C13H18O4S2/c1-3-10(2)18-8-9-19(16,17)12-6-4-11(5-7-12)13(14)15/h4-7,10H,3,8-9H2,1-2H3,(H,14,15). The van der Waals surface area contributed by atoms with Crippen LogP contribution in [0.15, 0.2) is 29.2 Å². The number of hydrogen-bond donors (Lipinski definition) is 1. The molecule has 0 saturated heterocycles. The second-order valence-corrected chi connectivity index (χ2v) is 7.89. The highest BCUT2D eigenvalue weighted by molar-refractivity contribution is 8.01. The van der Waals surface area contributed by atoms with E-state index < -0.39 is 15.8 Å². The molecule has 19 heavy (non-hydrogen) atoms. The maximum atomic E-state index is 12.0. The van der Waals surface area contributed by atoms with E-state index in [0.29, 0.717) is 11.0 Å². The van der Waals surface area contributed by atoms with Crippen molar-refractivity contribution < 1.29 is 18.3 Å². The first-order valence-corrected chi connectivity index (χ1v) is 8.74. The van der Waals surface area contributed by atoms with Crippen LogP contribution in [0.3, 0.4) is 0 Å². The molecule has 6 heteroatoms. The van der Waals surface area contributed by atoms with E-state index in [0.717, 1.165) is 6.42 Å². The largest absolute Gasteiger partial charge is 0.478 e. The maximum absolute atomic E-state index is 12.0. The van der Waals surface area contributed by atoms with Gasteiger partial charge < -0.3 is 5.11 Å². The van der Waals surface area contributed by atoms with Crippen LogP contribution in [-0.2, 0) is 9.84 Å².